The summed E-state index contributed by atoms with van der Waals surface area (Å²) in [5, 5.41) is 3.13. The smallest absolute Gasteiger partial charge is 0.263 e. The van der Waals surface area contributed by atoms with E-state index in [4.69, 9.17) is 9.47 Å². The standard InChI is InChI=1S/C32H33FN4O5S/c1-41-28-13-11-27(12-14-28)36-16-18-37(19-17-36)32(38)24-8-15-30(34-22-23-6-9-25(33)10-7-23)31(20-24)43(39,40)35-26-4-3-5-29(21-26)42-2/h3-15,20-21,34-35H,16-19,22H2,1-2H3. The number of hydrogen-bond acceptors (Lipinski definition) is 7. The third-order valence-corrected chi connectivity index (χ3v) is 8.66. The van der Waals surface area contributed by atoms with Crippen molar-refractivity contribution < 1.29 is 27.1 Å². The fourth-order valence-electron chi connectivity index (χ4n) is 4.86. The molecule has 0 spiro atoms. The molecule has 224 valence electrons. The van der Waals surface area contributed by atoms with Gasteiger partial charge in [-0.1, -0.05) is 18.2 Å². The van der Waals surface area contributed by atoms with Crippen molar-refractivity contribution in [3.05, 3.63) is 108 Å². The van der Waals surface area contributed by atoms with Crippen molar-refractivity contribution >= 4 is 33.0 Å². The fourth-order valence-corrected chi connectivity index (χ4v) is 6.12. The van der Waals surface area contributed by atoms with Crippen LogP contribution < -0.4 is 24.4 Å². The molecule has 11 heteroatoms. The molecule has 9 nitrogen and oxygen atoms in total. The van der Waals surface area contributed by atoms with Crippen molar-refractivity contribution in [3.63, 3.8) is 0 Å². The molecule has 5 rings (SSSR count). The number of methoxy groups -OCH3 is 2. The van der Waals surface area contributed by atoms with E-state index in [0.717, 1.165) is 17.0 Å². The monoisotopic (exact) mass is 604 g/mol. The third-order valence-electron chi connectivity index (χ3n) is 7.24. The Labute approximate surface area is 250 Å². The molecule has 43 heavy (non-hydrogen) atoms. The molecule has 1 amide bonds. The number of carbonyl (C=O) groups excluding carboxylic acids is 1. The number of benzene rings is 4. The Bertz CT molecular complexity index is 1670. The Morgan fingerprint density at radius 1 is 0.837 bits per heavy atom. The first-order valence-corrected chi connectivity index (χ1v) is 15.2. The lowest BCUT2D eigenvalue weighted by Gasteiger charge is -2.36. The first-order valence-electron chi connectivity index (χ1n) is 13.7. The number of ether oxygens (including phenoxy) is 2. The number of carbonyl (C=O) groups is 1. The quantitative estimate of drug-likeness (QED) is 0.256. The number of halogens is 1. The summed E-state index contributed by atoms with van der Waals surface area (Å²) in [5.74, 6) is 0.659. The summed E-state index contributed by atoms with van der Waals surface area (Å²) in [6.45, 7) is 2.50. The lowest BCUT2D eigenvalue weighted by molar-refractivity contribution is 0.0746. The number of rotatable bonds is 10. The van der Waals surface area contributed by atoms with Crippen LogP contribution in [-0.4, -0.2) is 59.6 Å². The van der Waals surface area contributed by atoms with Crippen LogP contribution in [-0.2, 0) is 16.6 Å². The summed E-state index contributed by atoms with van der Waals surface area (Å²) in [5.41, 5.74) is 2.69. The lowest BCUT2D eigenvalue weighted by atomic mass is 10.1. The van der Waals surface area contributed by atoms with Crippen LogP contribution >= 0.6 is 0 Å². The van der Waals surface area contributed by atoms with E-state index < -0.39 is 10.0 Å². The molecular formula is C32H33FN4O5S. The van der Waals surface area contributed by atoms with E-state index in [1.54, 1.807) is 60.5 Å². The van der Waals surface area contributed by atoms with Gasteiger partial charge in [0.1, 0.15) is 22.2 Å². The van der Waals surface area contributed by atoms with Crippen molar-refractivity contribution in [1.82, 2.24) is 4.90 Å². The van der Waals surface area contributed by atoms with Crippen LogP contribution in [0.3, 0.4) is 0 Å². The van der Waals surface area contributed by atoms with Crippen LogP contribution in [0.1, 0.15) is 15.9 Å². The summed E-state index contributed by atoms with van der Waals surface area (Å²) in [7, 11) is -1.01. The average Bonchev–Trinajstić information content (AvgIpc) is 3.04. The molecule has 1 saturated heterocycles. The van der Waals surface area contributed by atoms with Crippen molar-refractivity contribution in [3.8, 4) is 11.5 Å². The molecular weight excluding hydrogens is 571 g/mol. The minimum atomic E-state index is -4.13. The lowest BCUT2D eigenvalue weighted by Crippen LogP contribution is -2.48. The van der Waals surface area contributed by atoms with Crippen molar-refractivity contribution in [2.24, 2.45) is 0 Å². The second-order valence-electron chi connectivity index (χ2n) is 10.0. The second-order valence-corrected chi connectivity index (χ2v) is 11.7. The molecule has 1 aliphatic heterocycles. The van der Waals surface area contributed by atoms with Gasteiger partial charge in [-0.05, 0) is 72.3 Å². The molecule has 0 unspecified atom stereocenters. The number of piperazine rings is 1. The van der Waals surface area contributed by atoms with E-state index in [1.807, 2.05) is 24.3 Å². The molecule has 1 fully saturated rings. The highest BCUT2D eigenvalue weighted by atomic mass is 32.2. The highest BCUT2D eigenvalue weighted by molar-refractivity contribution is 7.92. The van der Waals surface area contributed by atoms with Crippen LogP contribution in [0.4, 0.5) is 21.5 Å². The second kappa shape index (κ2) is 13.0. The number of hydrogen-bond donors (Lipinski definition) is 2. The Morgan fingerprint density at radius 3 is 2.21 bits per heavy atom. The molecule has 1 aliphatic rings. The van der Waals surface area contributed by atoms with E-state index >= 15 is 0 Å². The molecule has 0 bridgehead atoms. The van der Waals surface area contributed by atoms with Gasteiger partial charge in [0, 0.05) is 50.0 Å². The fraction of sp³-hybridized carbons (Fsp3) is 0.219. The van der Waals surface area contributed by atoms with Crippen LogP contribution in [0.25, 0.3) is 0 Å². The zero-order chi connectivity index (χ0) is 30.4. The van der Waals surface area contributed by atoms with Gasteiger partial charge in [-0.3, -0.25) is 9.52 Å². The SMILES string of the molecule is COc1ccc(N2CCN(C(=O)c3ccc(NCc4ccc(F)cc4)c(S(=O)(=O)Nc4cccc(OC)c4)c3)CC2)cc1. The molecule has 4 aromatic rings. The van der Waals surface area contributed by atoms with E-state index in [-0.39, 0.29) is 28.7 Å². The maximum Gasteiger partial charge on any atom is 0.263 e. The summed E-state index contributed by atoms with van der Waals surface area (Å²) in [6, 6.07) is 24.9. The number of amides is 1. The average molecular weight is 605 g/mol. The zero-order valence-electron chi connectivity index (χ0n) is 23.9. The first-order chi connectivity index (χ1) is 20.8. The largest absolute Gasteiger partial charge is 0.497 e. The van der Waals surface area contributed by atoms with E-state index in [9.17, 15) is 17.6 Å². The van der Waals surface area contributed by atoms with Gasteiger partial charge < -0.3 is 24.6 Å². The van der Waals surface area contributed by atoms with Crippen molar-refractivity contribution in [1.29, 1.82) is 0 Å². The predicted octanol–water partition coefficient (Wildman–Crippen LogP) is 5.22. The highest BCUT2D eigenvalue weighted by Crippen LogP contribution is 2.28. The van der Waals surface area contributed by atoms with Gasteiger partial charge in [-0.15, -0.1) is 0 Å². The Kier molecular flexibility index (Phi) is 9.01. The van der Waals surface area contributed by atoms with Crippen LogP contribution in [0.15, 0.2) is 95.9 Å². The third kappa shape index (κ3) is 7.18. The predicted molar refractivity (Wildman–Crippen MR) is 165 cm³/mol. The summed E-state index contributed by atoms with van der Waals surface area (Å²) >= 11 is 0. The number of sulfonamides is 1. The van der Waals surface area contributed by atoms with Crippen LogP contribution in [0.2, 0.25) is 0 Å². The number of nitrogens with zero attached hydrogens (tertiary/aromatic N) is 2. The molecule has 2 N–H and O–H groups in total. The molecule has 0 atom stereocenters. The summed E-state index contributed by atoms with van der Waals surface area (Å²) < 4.78 is 53.8. The minimum absolute atomic E-state index is 0.0832. The summed E-state index contributed by atoms with van der Waals surface area (Å²) in [6.07, 6.45) is 0. The van der Waals surface area contributed by atoms with Gasteiger partial charge in [0.2, 0.25) is 0 Å². The maximum absolute atomic E-state index is 13.7. The molecule has 0 radical (unpaired) electrons. The van der Waals surface area contributed by atoms with Crippen LogP contribution in [0, 0.1) is 5.82 Å². The molecule has 0 aliphatic carbocycles. The molecule has 4 aromatic carbocycles. The van der Waals surface area contributed by atoms with Gasteiger partial charge in [-0.25, -0.2) is 12.8 Å². The first kappa shape index (κ1) is 29.7. The van der Waals surface area contributed by atoms with E-state index in [0.29, 0.717) is 43.3 Å². The molecule has 0 aromatic heterocycles. The number of nitrogens with one attached hydrogen (secondary N) is 2. The van der Waals surface area contributed by atoms with Crippen LogP contribution in [0.5, 0.6) is 11.5 Å². The van der Waals surface area contributed by atoms with Gasteiger partial charge in [-0.2, -0.15) is 0 Å². The van der Waals surface area contributed by atoms with Gasteiger partial charge in [0.15, 0.2) is 0 Å². The minimum Gasteiger partial charge on any atom is -0.497 e. The molecule has 0 saturated carbocycles. The molecule has 1 heterocycles. The Morgan fingerprint density at radius 2 is 1.53 bits per heavy atom. The van der Waals surface area contributed by atoms with E-state index in [1.165, 1.54) is 25.3 Å². The van der Waals surface area contributed by atoms with Gasteiger partial charge in [0.05, 0.1) is 25.6 Å². The van der Waals surface area contributed by atoms with Crippen molar-refractivity contribution in [2.45, 2.75) is 11.4 Å². The Hall–Kier alpha value is -4.77. The summed E-state index contributed by atoms with van der Waals surface area (Å²) in [4.78, 5) is 17.4. The van der Waals surface area contributed by atoms with Gasteiger partial charge in [0.25, 0.3) is 15.9 Å². The number of anilines is 3. The topological polar surface area (TPSA) is 100 Å². The normalized spacial score (nSPS) is 13.4. The van der Waals surface area contributed by atoms with E-state index in [2.05, 4.69) is 14.9 Å². The zero-order valence-corrected chi connectivity index (χ0v) is 24.7. The maximum atomic E-state index is 13.7. The van der Waals surface area contributed by atoms with Gasteiger partial charge >= 0.3 is 0 Å². The Balaban J connectivity index is 1.37. The van der Waals surface area contributed by atoms with Crippen molar-refractivity contribution in [2.75, 3.05) is 55.3 Å². The highest BCUT2D eigenvalue weighted by Gasteiger charge is 2.26.